The molecule has 0 bridgehead atoms. The van der Waals surface area contributed by atoms with Gasteiger partial charge < -0.3 is 0 Å². The van der Waals surface area contributed by atoms with Crippen molar-refractivity contribution >= 4 is 0 Å². The average molecular weight is 182 g/mol. The highest BCUT2D eigenvalue weighted by atomic mass is 14.3. The third-order valence-corrected chi connectivity index (χ3v) is 3.73. The van der Waals surface area contributed by atoms with Gasteiger partial charge in [-0.3, -0.25) is 0 Å². The Hall–Kier alpha value is 0. The van der Waals surface area contributed by atoms with Gasteiger partial charge in [-0.05, 0) is 24.2 Å². The molecule has 0 heteroatoms. The van der Waals surface area contributed by atoms with E-state index in [1.54, 1.807) is 0 Å². The van der Waals surface area contributed by atoms with Crippen LogP contribution in [0.25, 0.3) is 0 Å². The molecular formula is C13H26. The molecule has 1 aliphatic rings. The second-order valence-corrected chi connectivity index (χ2v) is 5.09. The molecule has 0 aromatic carbocycles. The van der Waals surface area contributed by atoms with Gasteiger partial charge in [0.15, 0.2) is 0 Å². The van der Waals surface area contributed by atoms with E-state index in [4.69, 9.17) is 0 Å². The van der Waals surface area contributed by atoms with Crippen molar-refractivity contribution in [3.8, 4) is 0 Å². The molecule has 13 heavy (non-hydrogen) atoms. The summed E-state index contributed by atoms with van der Waals surface area (Å²) in [4.78, 5) is 0. The van der Waals surface area contributed by atoms with E-state index in [1.165, 1.54) is 44.9 Å². The van der Waals surface area contributed by atoms with Crippen molar-refractivity contribution in [1.82, 2.24) is 0 Å². The summed E-state index contributed by atoms with van der Waals surface area (Å²) in [5.41, 5.74) is 0. The summed E-state index contributed by atoms with van der Waals surface area (Å²) < 4.78 is 0. The van der Waals surface area contributed by atoms with Gasteiger partial charge in [0.05, 0.1) is 0 Å². The van der Waals surface area contributed by atoms with E-state index >= 15 is 0 Å². The van der Waals surface area contributed by atoms with Crippen LogP contribution in [0.1, 0.15) is 65.7 Å². The molecule has 0 radical (unpaired) electrons. The molecule has 1 rings (SSSR count). The molecule has 1 saturated carbocycles. The van der Waals surface area contributed by atoms with Crippen LogP contribution in [-0.4, -0.2) is 0 Å². The fourth-order valence-corrected chi connectivity index (χ4v) is 3.02. The molecule has 2 atom stereocenters. The van der Waals surface area contributed by atoms with Crippen molar-refractivity contribution in [2.45, 2.75) is 65.7 Å². The van der Waals surface area contributed by atoms with E-state index in [0.717, 1.165) is 17.8 Å². The van der Waals surface area contributed by atoms with Gasteiger partial charge in [0.2, 0.25) is 0 Å². The molecule has 0 aromatic heterocycles. The molecule has 1 aliphatic carbocycles. The minimum absolute atomic E-state index is 0.912. The second kappa shape index (κ2) is 5.67. The lowest BCUT2D eigenvalue weighted by atomic mass is 9.78. The van der Waals surface area contributed by atoms with Crippen molar-refractivity contribution in [3.63, 3.8) is 0 Å². The number of hydrogen-bond donors (Lipinski definition) is 0. The lowest BCUT2D eigenvalue weighted by Crippen LogP contribution is -2.18. The topological polar surface area (TPSA) is 0 Å². The van der Waals surface area contributed by atoms with E-state index in [9.17, 15) is 0 Å². The predicted molar refractivity (Wildman–Crippen MR) is 59.8 cm³/mol. The van der Waals surface area contributed by atoms with Gasteiger partial charge in [-0.1, -0.05) is 59.3 Å². The maximum atomic E-state index is 2.42. The molecule has 0 N–H and O–H groups in total. The van der Waals surface area contributed by atoms with Crippen LogP contribution < -0.4 is 0 Å². The molecule has 78 valence electrons. The van der Waals surface area contributed by atoms with E-state index in [-0.39, 0.29) is 0 Å². The maximum Gasteiger partial charge on any atom is -0.0363 e. The molecule has 1 fully saturated rings. The standard InChI is InChI=1S/C13H26/c1-4-8-12-9-6-5-7-10-13(12)11(2)3/h11-13H,4-10H2,1-3H3. The summed E-state index contributed by atoms with van der Waals surface area (Å²) in [6.07, 6.45) is 10.3. The molecule has 0 saturated heterocycles. The van der Waals surface area contributed by atoms with E-state index in [2.05, 4.69) is 20.8 Å². The Bertz CT molecular complexity index is 126. The van der Waals surface area contributed by atoms with Crippen molar-refractivity contribution in [3.05, 3.63) is 0 Å². The summed E-state index contributed by atoms with van der Waals surface area (Å²) in [5, 5.41) is 0. The van der Waals surface area contributed by atoms with Crippen LogP contribution in [0.2, 0.25) is 0 Å². The first-order valence-corrected chi connectivity index (χ1v) is 6.25. The minimum atomic E-state index is 0.912. The Kier molecular flexibility index (Phi) is 4.83. The highest BCUT2D eigenvalue weighted by molar-refractivity contribution is 4.75. The lowest BCUT2D eigenvalue weighted by molar-refractivity contribution is 0.224. The predicted octanol–water partition coefficient (Wildman–Crippen LogP) is 4.64. The van der Waals surface area contributed by atoms with Gasteiger partial charge in [0, 0.05) is 0 Å². The summed E-state index contributed by atoms with van der Waals surface area (Å²) in [5.74, 6) is 2.99. The summed E-state index contributed by atoms with van der Waals surface area (Å²) in [6.45, 7) is 7.17. The second-order valence-electron chi connectivity index (χ2n) is 5.09. The fourth-order valence-electron chi connectivity index (χ4n) is 3.02. The first kappa shape index (κ1) is 11.1. The van der Waals surface area contributed by atoms with Gasteiger partial charge in [0.1, 0.15) is 0 Å². The van der Waals surface area contributed by atoms with Gasteiger partial charge in [-0.2, -0.15) is 0 Å². The molecule has 0 spiro atoms. The summed E-state index contributed by atoms with van der Waals surface area (Å²) >= 11 is 0. The Labute approximate surface area is 84.1 Å². The Morgan fingerprint density at radius 3 is 2.38 bits per heavy atom. The van der Waals surface area contributed by atoms with Crippen molar-refractivity contribution in [2.75, 3.05) is 0 Å². The van der Waals surface area contributed by atoms with Crippen LogP contribution in [0.5, 0.6) is 0 Å². The quantitative estimate of drug-likeness (QED) is 0.558. The Balaban J connectivity index is 2.50. The van der Waals surface area contributed by atoms with Gasteiger partial charge >= 0.3 is 0 Å². The van der Waals surface area contributed by atoms with Gasteiger partial charge in [-0.25, -0.2) is 0 Å². The largest absolute Gasteiger partial charge is 0.0654 e. The smallest absolute Gasteiger partial charge is 0.0363 e. The van der Waals surface area contributed by atoms with Crippen molar-refractivity contribution < 1.29 is 0 Å². The fraction of sp³-hybridized carbons (Fsp3) is 1.00. The maximum absolute atomic E-state index is 2.42. The van der Waals surface area contributed by atoms with E-state index in [0.29, 0.717) is 0 Å². The van der Waals surface area contributed by atoms with Crippen LogP contribution in [0.4, 0.5) is 0 Å². The van der Waals surface area contributed by atoms with Crippen LogP contribution in [0.3, 0.4) is 0 Å². The highest BCUT2D eigenvalue weighted by Crippen LogP contribution is 2.36. The zero-order valence-corrected chi connectivity index (χ0v) is 9.68. The SMILES string of the molecule is CCCC1CCCCCC1C(C)C. The molecule has 0 aromatic rings. The molecule has 2 unspecified atom stereocenters. The lowest BCUT2D eigenvalue weighted by Gasteiger charge is -2.28. The average Bonchev–Trinajstić information content (AvgIpc) is 2.30. The summed E-state index contributed by atoms with van der Waals surface area (Å²) in [6, 6.07) is 0. The Morgan fingerprint density at radius 1 is 1.08 bits per heavy atom. The van der Waals surface area contributed by atoms with Crippen LogP contribution >= 0.6 is 0 Å². The third kappa shape index (κ3) is 3.32. The molecule has 0 nitrogen and oxygen atoms in total. The zero-order chi connectivity index (χ0) is 9.68. The zero-order valence-electron chi connectivity index (χ0n) is 9.68. The molecular weight excluding hydrogens is 156 g/mol. The first-order valence-electron chi connectivity index (χ1n) is 6.25. The van der Waals surface area contributed by atoms with Crippen molar-refractivity contribution in [1.29, 1.82) is 0 Å². The number of rotatable bonds is 3. The molecule has 0 amide bonds. The monoisotopic (exact) mass is 182 g/mol. The molecule has 0 heterocycles. The van der Waals surface area contributed by atoms with Gasteiger partial charge in [0.25, 0.3) is 0 Å². The van der Waals surface area contributed by atoms with E-state index in [1.807, 2.05) is 0 Å². The summed E-state index contributed by atoms with van der Waals surface area (Å²) in [7, 11) is 0. The normalized spacial score (nSPS) is 30.5. The Morgan fingerprint density at radius 2 is 1.77 bits per heavy atom. The third-order valence-electron chi connectivity index (χ3n) is 3.73. The van der Waals surface area contributed by atoms with Crippen LogP contribution in [0, 0.1) is 17.8 Å². The van der Waals surface area contributed by atoms with E-state index < -0.39 is 0 Å². The number of hydrogen-bond acceptors (Lipinski definition) is 0. The van der Waals surface area contributed by atoms with Gasteiger partial charge in [-0.15, -0.1) is 0 Å². The van der Waals surface area contributed by atoms with Crippen LogP contribution in [-0.2, 0) is 0 Å². The van der Waals surface area contributed by atoms with Crippen LogP contribution in [0.15, 0.2) is 0 Å². The molecule has 0 aliphatic heterocycles. The first-order chi connectivity index (χ1) is 6.25. The van der Waals surface area contributed by atoms with Crippen molar-refractivity contribution in [2.24, 2.45) is 17.8 Å². The highest BCUT2D eigenvalue weighted by Gasteiger charge is 2.24. The minimum Gasteiger partial charge on any atom is -0.0654 e.